The molecule has 0 aliphatic carbocycles. The van der Waals surface area contributed by atoms with Gasteiger partial charge >= 0.3 is 0 Å². The lowest BCUT2D eigenvalue weighted by molar-refractivity contribution is -0.127. The Hall–Kier alpha value is -1.92. The molecule has 130 valence electrons. The Morgan fingerprint density at radius 3 is 2.48 bits per heavy atom. The van der Waals surface area contributed by atoms with Crippen LogP contribution in [0.15, 0.2) is 58.0 Å². The van der Waals surface area contributed by atoms with Gasteiger partial charge in [0.1, 0.15) is 0 Å². The molecule has 0 aliphatic rings. The number of carbonyl (C=O) groups is 1. The third kappa shape index (κ3) is 3.55. The molecular weight excluding hydrogens is 400 g/mol. The molecule has 0 radical (unpaired) electrons. The van der Waals surface area contributed by atoms with Crippen LogP contribution in [0.2, 0.25) is 0 Å². The molecular formula is C19H19BrN2O2S. The summed E-state index contributed by atoms with van der Waals surface area (Å²) in [5, 5.41) is 0.949. The van der Waals surface area contributed by atoms with Crippen molar-refractivity contribution in [3.8, 4) is 0 Å². The van der Waals surface area contributed by atoms with Crippen molar-refractivity contribution >= 4 is 43.7 Å². The van der Waals surface area contributed by atoms with Crippen LogP contribution in [0.25, 0.3) is 10.9 Å². The third-order valence-electron chi connectivity index (χ3n) is 4.07. The summed E-state index contributed by atoms with van der Waals surface area (Å²) in [4.78, 5) is 14.5. The number of aryl methyl sites for hydroxylation is 1. The van der Waals surface area contributed by atoms with E-state index in [1.54, 1.807) is 23.0 Å². The maximum atomic E-state index is 13.1. The van der Waals surface area contributed by atoms with Crippen molar-refractivity contribution in [3.63, 3.8) is 0 Å². The summed E-state index contributed by atoms with van der Waals surface area (Å²) in [5.41, 5.74) is 2.81. The summed E-state index contributed by atoms with van der Waals surface area (Å²) >= 11 is 3.55. The van der Waals surface area contributed by atoms with Gasteiger partial charge in [0.05, 0.1) is 16.8 Å². The number of amides is 1. The highest BCUT2D eigenvalue weighted by atomic mass is 79.9. The maximum absolute atomic E-state index is 13.1. The van der Waals surface area contributed by atoms with Crippen molar-refractivity contribution in [1.29, 1.82) is 0 Å². The van der Waals surface area contributed by atoms with Crippen molar-refractivity contribution in [3.05, 3.63) is 64.3 Å². The number of para-hydroxylation sites is 1. The van der Waals surface area contributed by atoms with E-state index in [0.29, 0.717) is 0 Å². The average molecular weight is 419 g/mol. The van der Waals surface area contributed by atoms with Crippen LogP contribution in [0.3, 0.4) is 0 Å². The second kappa shape index (κ2) is 7.14. The molecule has 3 aromatic rings. The Morgan fingerprint density at radius 2 is 1.84 bits per heavy atom. The minimum atomic E-state index is -1.38. The fourth-order valence-corrected chi connectivity index (χ4v) is 4.48. The topological polar surface area (TPSA) is 42.3 Å². The van der Waals surface area contributed by atoms with E-state index < -0.39 is 11.0 Å². The van der Waals surface area contributed by atoms with Crippen LogP contribution in [0.5, 0.6) is 0 Å². The largest absolute Gasteiger partial charge is 0.349 e. The number of carbonyl (C=O) groups excluding carboxylic acids is 1. The number of hydrogen-bond acceptors (Lipinski definition) is 2. The number of aromatic nitrogens is 1. The number of likely N-dealkylation sites (N-methyl/N-ethyl adjacent to an activating group) is 1. The van der Waals surface area contributed by atoms with E-state index >= 15 is 0 Å². The summed E-state index contributed by atoms with van der Waals surface area (Å²) in [7, 11) is 2.09. The summed E-state index contributed by atoms with van der Waals surface area (Å²) in [6.07, 6.45) is 2.09. The Bertz CT molecular complexity index is 961. The van der Waals surface area contributed by atoms with E-state index in [1.807, 2.05) is 55.6 Å². The minimum Gasteiger partial charge on any atom is -0.349 e. The predicted octanol–water partition coefficient (Wildman–Crippen LogP) is 3.91. The zero-order valence-electron chi connectivity index (χ0n) is 14.3. The molecule has 6 heteroatoms. The van der Waals surface area contributed by atoms with E-state index in [1.165, 1.54) is 0 Å². The Morgan fingerprint density at radius 1 is 1.16 bits per heavy atom. The molecule has 1 atom stereocenters. The number of fused-ring (bicyclic) bond motifs is 1. The summed E-state index contributed by atoms with van der Waals surface area (Å²) in [6.45, 7) is 2.00. The highest BCUT2D eigenvalue weighted by Crippen LogP contribution is 2.31. The van der Waals surface area contributed by atoms with Gasteiger partial charge in [0.2, 0.25) is 5.91 Å². The Balaban J connectivity index is 2.13. The lowest BCUT2D eigenvalue weighted by Gasteiger charge is -2.13. The first-order chi connectivity index (χ1) is 11.9. The number of rotatable bonds is 4. The summed E-state index contributed by atoms with van der Waals surface area (Å²) in [5.74, 6) is 0.0116. The van der Waals surface area contributed by atoms with Crippen LogP contribution in [-0.4, -0.2) is 33.1 Å². The smallest absolute Gasteiger partial charge is 0.226 e. The SMILES string of the molecule is Cc1ccc(S(=O)n2cc(Br)c3cccc(CC(=O)N(C)C)c32)cc1. The highest BCUT2D eigenvalue weighted by molar-refractivity contribution is 9.10. The minimum absolute atomic E-state index is 0.0116. The van der Waals surface area contributed by atoms with Gasteiger partial charge in [-0.05, 0) is 40.5 Å². The molecule has 0 saturated carbocycles. The molecule has 1 amide bonds. The monoisotopic (exact) mass is 418 g/mol. The van der Waals surface area contributed by atoms with Gasteiger partial charge in [-0.1, -0.05) is 35.9 Å². The number of nitrogens with zero attached hydrogens (tertiary/aromatic N) is 2. The van der Waals surface area contributed by atoms with Crippen molar-refractivity contribution in [1.82, 2.24) is 8.87 Å². The summed E-state index contributed by atoms with van der Waals surface area (Å²) in [6, 6.07) is 13.4. The van der Waals surface area contributed by atoms with E-state index in [2.05, 4.69) is 15.9 Å². The molecule has 1 unspecified atom stereocenters. The normalized spacial score (nSPS) is 12.3. The fraction of sp³-hybridized carbons (Fsp3) is 0.211. The van der Waals surface area contributed by atoms with Crippen molar-refractivity contribution < 1.29 is 9.00 Å². The molecule has 4 nitrogen and oxygen atoms in total. The molecule has 25 heavy (non-hydrogen) atoms. The van der Waals surface area contributed by atoms with E-state index in [-0.39, 0.29) is 12.3 Å². The second-order valence-electron chi connectivity index (χ2n) is 6.14. The van der Waals surface area contributed by atoms with Gasteiger partial charge in [-0.15, -0.1) is 0 Å². The van der Waals surface area contributed by atoms with Crippen LogP contribution in [-0.2, 0) is 22.2 Å². The summed E-state index contributed by atoms with van der Waals surface area (Å²) < 4.78 is 15.7. The van der Waals surface area contributed by atoms with E-state index in [0.717, 1.165) is 31.4 Å². The first-order valence-electron chi connectivity index (χ1n) is 7.86. The van der Waals surface area contributed by atoms with Gasteiger partial charge in [0.25, 0.3) is 0 Å². The molecule has 3 rings (SSSR count). The number of hydrogen-bond donors (Lipinski definition) is 0. The molecule has 1 aromatic heterocycles. The highest BCUT2D eigenvalue weighted by Gasteiger charge is 2.18. The molecule has 0 bridgehead atoms. The fourth-order valence-electron chi connectivity index (χ4n) is 2.64. The number of halogens is 1. The molecule has 0 N–H and O–H groups in total. The molecule has 0 aliphatic heterocycles. The number of benzene rings is 2. The van der Waals surface area contributed by atoms with Gasteiger partial charge in [-0.2, -0.15) is 0 Å². The predicted molar refractivity (Wildman–Crippen MR) is 105 cm³/mol. The van der Waals surface area contributed by atoms with Gasteiger partial charge in [-0.25, -0.2) is 4.21 Å². The van der Waals surface area contributed by atoms with Crippen LogP contribution < -0.4 is 0 Å². The van der Waals surface area contributed by atoms with Gasteiger partial charge in [0, 0.05) is 30.2 Å². The van der Waals surface area contributed by atoms with Crippen LogP contribution >= 0.6 is 15.9 Å². The Labute approximate surface area is 158 Å². The second-order valence-corrected chi connectivity index (χ2v) is 8.36. The molecule has 1 heterocycles. The van der Waals surface area contributed by atoms with Gasteiger partial charge in [-0.3, -0.25) is 8.77 Å². The van der Waals surface area contributed by atoms with Gasteiger partial charge < -0.3 is 4.90 Å². The first-order valence-corrected chi connectivity index (χ1v) is 9.76. The average Bonchev–Trinajstić information content (AvgIpc) is 2.93. The molecule has 0 saturated heterocycles. The Kier molecular flexibility index (Phi) is 5.11. The first kappa shape index (κ1) is 17.9. The molecule has 0 spiro atoms. The van der Waals surface area contributed by atoms with Crippen LogP contribution in [0, 0.1) is 6.92 Å². The molecule has 2 aromatic carbocycles. The lowest BCUT2D eigenvalue weighted by Crippen LogP contribution is -2.23. The van der Waals surface area contributed by atoms with Crippen molar-refractivity contribution in [2.75, 3.05) is 14.1 Å². The van der Waals surface area contributed by atoms with Crippen LogP contribution in [0.1, 0.15) is 11.1 Å². The van der Waals surface area contributed by atoms with E-state index in [4.69, 9.17) is 0 Å². The quantitative estimate of drug-likeness (QED) is 0.644. The van der Waals surface area contributed by atoms with Crippen molar-refractivity contribution in [2.24, 2.45) is 0 Å². The zero-order valence-corrected chi connectivity index (χ0v) is 16.7. The van der Waals surface area contributed by atoms with Gasteiger partial charge in [0.15, 0.2) is 11.0 Å². The molecule has 0 fully saturated rings. The third-order valence-corrected chi connectivity index (χ3v) is 6.02. The van der Waals surface area contributed by atoms with Crippen LogP contribution in [0.4, 0.5) is 0 Å². The lowest BCUT2D eigenvalue weighted by atomic mass is 10.1. The standard InChI is InChI=1S/C19H19BrN2O2S/c1-13-7-9-15(10-8-13)25(24)22-12-17(20)16-6-4-5-14(19(16)22)11-18(23)21(2)3/h4-10,12H,11H2,1-3H3. The van der Waals surface area contributed by atoms with Crippen molar-refractivity contribution in [2.45, 2.75) is 18.2 Å². The maximum Gasteiger partial charge on any atom is 0.226 e. The zero-order chi connectivity index (χ0) is 18.1. The van der Waals surface area contributed by atoms with E-state index in [9.17, 15) is 9.00 Å².